The van der Waals surface area contributed by atoms with E-state index in [1.807, 2.05) is 37.3 Å². The number of esters is 1. The van der Waals surface area contributed by atoms with Gasteiger partial charge in [-0.2, -0.15) is 0 Å². The lowest BCUT2D eigenvalue weighted by Crippen LogP contribution is -2.12. The third-order valence-corrected chi connectivity index (χ3v) is 4.35. The van der Waals surface area contributed by atoms with E-state index in [-0.39, 0.29) is 5.75 Å². The molecule has 0 amide bonds. The molecule has 0 saturated carbocycles. The molecule has 0 bridgehead atoms. The van der Waals surface area contributed by atoms with Crippen molar-refractivity contribution >= 4 is 39.0 Å². The topological polar surface area (TPSA) is 52.6 Å². The Morgan fingerprint density at radius 2 is 1.92 bits per heavy atom. The molecule has 132 valence electrons. The highest BCUT2D eigenvalue weighted by molar-refractivity contribution is 9.10. The van der Waals surface area contributed by atoms with Crippen molar-refractivity contribution in [3.8, 4) is 11.5 Å². The van der Waals surface area contributed by atoms with Gasteiger partial charge in [0.2, 0.25) is 0 Å². The Bertz CT molecular complexity index is 965. The number of fused-ring (bicyclic) bond motifs is 1. The van der Waals surface area contributed by atoms with Gasteiger partial charge in [0.1, 0.15) is 17.1 Å². The highest BCUT2D eigenvalue weighted by Gasteiger charge is 2.19. The number of halogens is 1. The van der Waals surface area contributed by atoms with E-state index in [0.717, 1.165) is 16.3 Å². The quantitative estimate of drug-likeness (QED) is 0.308. The molecular formula is C21H17BrO4. The molecule has 0 aliphatic heterocycles. The van der Waals surface area contributed by atoms with Crippen LogP contribution in [-0.2, 0) is 0 Å². The molecule has 0 N–H and O–H groups in total. The van der Waals surface area contributed by atoms with Crippen molar-refractivity contribution in [1.29, 1.82) is 0 Å². The molecule has 0 aromatic heterocycles. The van der Waals surface area contributed by atoms with Crippen molar-refractivity contribution in [3.05, 3.63) is 70.2 Å². The van der Waals surface area contributed by atoms with E-state index < -0.39 is 5.97 Å². The molecule has 0 radical (unpaired) electrons. The second-order valence-corrected chi connectivity index (χ2v) is 6.62. The first-order valence-electron chi connectivity index (χ1n) is 8.25. The van der Waals surface area contributed by atoms with Gasteiger partial charge in [-0.25, -0.2) is 4.79 Å². The average molecular weight is 413 g/mol. The number of carbonyl (C=O) groups excluding carboxylic acids is 2. The van der Waals surface area contributed by atoms with Gasteiger partial charge in [-0.3, -0.25) is 4.79 Å². The minimum absolute atomic E-state index is 0.254. The number of carbonyl (C=O) groups is 2. The van der Waals surface area contributed by atoms with Crippen LogP contribution in [0.3, 0.4) is 0 Å². The summed E-state index contributed by atoms with van der Waals surface area (Å²) in [7, 11) is 0. The van der Waals surface area contributed by atoms with Crippen molar-refractivity contribution in [3.63, 3.8) is 0 Å². The summed E-state index contributed by atoms with van der Waals surface area (Å²) in [6.07, 6.45) is 1.51. The summed E-state index contributed by atoms with van der Waals surface area (Å²) in [5.74, 6) is 0.134. The van der Waals surface area contributed by atoms with Gasteiger partial charge in [-0.1, -0.05) is 53.2 Å². The minimum atomic E-state index is -0.572. The number of hydrogen-bond donors (Lipinski definition) is 0. The first-order chi connectivity index (χ1) is 12.6. The number of hydrogen-bond acceptors (Lipinski definition) is 4. The average Bonchev–Trinajstić information content (AvgIpc) is 2.67. The van der Waals surface area contributed by atoms with Gasteiger partial charge in [-0.15, -0.1) is 0 Å². The third kappa shape index (κ3) is 3.78. The lowest BCUT2D eigenvalue weighted by Gasteiger charge is -2.13. The van der Waals surface area contributed by atoms with E-state index in [1.54, 1.807) is 24.3 Å². The first kappa shape index (κ1) is 18.1. The molecule has 0 saturated heterocycles. The van der Waals surface area contributed by atoms with E-state index in [2.05, 4.69) is 15.9 Å². The molecule has 5 heteroatoms. The molecule has 0 heterocycles. The predicted molar refractivity (Wildman–Crippen MR) is 104 cm³/mol. The maximum atomic E-state index is 12.8. The normalized spacial score (nSPS) is 10.5. The Kier molecular flexibility index (Phi) is 5.68. The predicted octanol–water partition coefficient (Wildman–Crippen LogP) is 5.42. The highest BCUT2D eigenvalue weighted by atomic mass is 79.9. The molecular weight excluding hydrogens is 396 g/mol. The summed E-state index contributed by atoms with van der Waals surface area (Å²) in [6.45, 7) is 2.49. The van der Waals surface area contributed by atoms with E-state index in [9.17, 15) is 9.59 Å². The zero-order valence-corrected chi connectivity index (χ0v) is 15.8. The zero-order valence-electron chi connectivity index (χ0n) is 14.2. The molecule has 0 aliphatic rings. The fourth-order valence-corrected chi connectivity index (χ4v) is 2.97. The summed E-state index contributed by atoms with van der Waals surface area (Å²) in [6, 6.07) is 16.1. The summed E-state index contributed by atoms with van der Waals surface area (Å²) >= 11 is 3.37. The Balaban J connectivity index is 2.02. The minimum Gasteiger partial charge on any atom is -0.493 e. The van der Waals surface area contributed by atoms with Crippen molar-refractivity contribution < 1.29 is 19.1 Å². The number of aldehydes is 1. The summed E-state index contributed by atoms with van der Waals surface area (Å²) in [5.41, 5.74) is 0.626. The zero-order chi connectivity index (χ0) is 18.5. The van der Waals surface area contributed by atoms with E-state index >= 15 is 0 Å². The molecule has 4 nitrogen and oxygen atoms in total. The number of ether oxygens (including phenoxy) is 2. The van der Waals surface area contributed by atoms with Crippen LogP contribution in [-0.4, -0.2) is 18.9 Å². The van der Waals surface area contributed by atoms with Gasteiger partial charge < -0.3 is 9.47 Å². The fourth-order valence-electron chi connectivity index (χ4n) is 2.61. The van der Waals surface area contributed by atoms with Crippen LogP contribution < -0.4 is 9.47 Å². The van der Waals surface area contributed by atoms with Crippen LogP contribution in [0.4, 0.5) is 0 Å². The molecule has 3 rings (SSSR count). The lowest BCUT2D eigenvalue weighted by molar-refractivity contribution is 0.0731. The van der Waals surface area contributed by atoms with Crippen LogP contribution in [0.1, 0.15) is 34.1 Å². The monoisotopic (exact) mass is 412 g/mol. The van der Waals surface area contributed by atoms with E-state index in [1.165, 1.54) is 0 Å². The number of benzene rings is 3. The fraction of sp³-hybridized carbons (Fsp3) is 0.143. The summed E-state index contributed by atoms with van der Waals surface area (Å²) < 4.78 is 12.0. The lowest BCUT2D eigenvalue weighted by atomic mass is 10.1. The van der Waals surface area contributed by atoms with E-state index in [4.69, 9.17) is 9.47 Å². The van der Waals surface area contributed by atoms with Crippen molar-refractivity contribution in [2.24, 2.45) is 0 Å². The highest BCUT2D eigenvalue weighted by Crippen LogP contribution is 2.31. The Morgan fingerprint density at radius 3 is 2.69 bits per heavy atom. The Labute approximate surface area is 159 Å². The van der Waals surface area contributed by atoms with Crippen LogP contribution in [0.25, 0.3) is 10.8 Å². The van der Waals surface area contributed by atoms with Crippen molar-refractivity contribution in [2.75, 3.05) is 6.61 Å². The van der Waals surface area contributed by atoms with E-state index in [0.29, 0.717) is 35.2 Å². The SMILES string of the molecule is CCCOc1ccc(Br)cc1C(=O)Oc1c(C=O)ccc2ccccc12. The molecule has 3 aromatic carbocycles. The van der Waals surface area contributed by atoms with Gasteiger partial charge >= 0.3 is 5.97 Å². The molecule has 0 fully saturated rings. The standard InChI is InChI=1S/C21H17BrO4/c1-2-11-25-19-10-9-16(22)12-18(19)21(24)26-20-15(13-23)8-7-14-5-3-4-6-17(14)20/h3-10,12-13H,2,11H2,1H3. The Hall–Kier alpha value is -2.66. The maximum Gasteiger partial charge on any atom is 0.347 e. The second-order valence-electron chi connectivity index (χ2n) is 5.70. The molecule has 3 aromatic rings. The van der Waals surface area contributed by atoms with Crippen molar-refractivity contribution in [1.82, 2.24) is 0 Å². The van der Waals surface area contributed by atoms with Crippen LogP contribution in [0.15, 0.2) is 59.1 Å². The Morgan fingerprint density at radius 1 is 1.12 bits per heavy atom. The van der Waals surface area contributed by atoms with Gasteiger partial charge in [0.15, 0.2) is 6.29 Å². The third-order valence-electron chi connectivity index (χ3n) is 3.85. The van der Waals surface area contributed by atoms with Crippen LogP contribution in [0, 0.1) is 0 Å². The smallest absolute Gasteiger partial charge is 0.347 e. The molecule has 0 aliphatic carbocycles. The summed E-state index contributed by atoms with van der Waals surface area (Å²) in [4.78, 5) is 24.3. The maximum absolute atomic E-state index is 12.8. The molecule has 26 heavy (non-hydrogen) atoms. The largest absolute Gasteiger partial charge is 0.493 e. The summed E-state index contributed by atoms with van der Waals surface area (Å²) in [5, 5.41) is 1.59. The van der Waals surface area contributed by atoms with Gasteiger partial charge in [-0.05, 0) is 36.1 Å². The molecule has 0 spiro atoms. The van der Waals surface area contributed by atoms with Crippen LogP contribution in [0.5, 0.6) is 11.5 Å². The van der Waals surface area contributed by atoms with Gasteiger partial charge in [0.05, 0.1) is 12.2 Å². The second kappa shape index (κ2) is 8.15. The molecule has 0 unspecified atom stereocenters. The molecule has 0 atom stereocenters. The van der Waals surface area contributed by atoms with Gasteiger partial charge in [0.25, 0.3) is 0 Å². The van der Waals surface area contributed by atoms with Crippen molar-refractivity contribution in [2.45, 2.75) is 13.3 Å². The van der Waals surface area contributed by atoms with Crippen LogP contribution in [0.2, 0.25) is 0 Å². The van der Waals surface area contributed by atoms with Gasteiger partial charge in [0, 0.05) is 9.86 Å². The number of rotatable bonds is 6. The first-order valence-corrected chi connectivity index (χ1v) is 9.04. The van der Waals surface area contributed by atoms with Crippen LogP contribution >= 0.6 is 15.9 Å².